The fourth-order valence-corrected chi connectivity index (χ4v) is 3.09. The third kappa shape index (κ3) is 5.11. The van der Waals surface area contributed by atoms with E-state index in [2.05, 4.69) is 16.0 Å². The molecule has 1 unspecified atom stereocenters. The van der Waals surface area contributed by atoms with Crippen LogP contribution in [0.15, 0.2) is 36.4 Å². The highest BCUT2D eigenvalue weighted by Gasteiger charge is 2.23. The summed E-state index contributed by atoms with van der Waals surface area (Å²) >= 11 is 11.8. The molecule has 5 nitrogen and oxygen atoms in total. The summed E-state index contributed by atoms with van der Waals surface area (Å²) in [5, 5.41) is 8.46. The second-order valence-corrected chi connectivity index (χ2v) is 7.25. The van der Waals surface area contributed by atoms with Crippen LogP contribution < -0.4 is 16.0 Å². The van der Waals surface area contributed by atoms with E-state index in [0.717, 1.165) is 12.8 Å². The van der Waals surface area contributed by atoms with Gasteiger partial charge in [0.05, 0.1) is 11.1 Å². The van der Waals surface area contributed by atoms with Crippen LogP contribution in [-0.4, -0.2) is 18.0 Å². The van der Waals surface area contributed by atoms with Crippen molar-refractivity contribution < 1.29 is 14.0 Å². The molecule has 2 aromatic carbocycles. The van der Waals surface area contributed by atoms with E-state index in [1.807, 2.05) is 0 Å². The molecule has 3 N–H and O–H groups in total. The van der Waals surface area contributed by atoms with Crippen LogP contribution >= 0.6 is 23.2 Å². The van der Waals surface area contributed by atoms with Gasteiger partial charge in [0, 0.05) is 22.3 Å². The van der Waals surface area contributed by atoms with E-state index in [9.17, 15) is 14.0 Å². The maximum atomic E-state index is 13.7. The molecule has 1 saturated carbocycles. The lowest BCUT2D eigenvalue weighted by atomic mass is 10.1. The topological polar surface area (TPSA) is 70.2 Å². The Morgan fingerprint density at radius 1 is 1.15 bits per heavy atom. The van der Waals surface area contributed by atoms with Crippen molar-refractivity contribution >= 4 is 40.8 Å². The van der Waals surface area contributed by atoms with Crippen molar-refractivity contribution in [3.63, 3.8) is 0 Å². The van der Waals surface area contributed by atoms with E-state index in [1.165, 1.54) is 12.1 Å². The highest BCUT2D eigenvalue weighted by Crippen LogP contribution is 2.29. The smallest absolute Gasteiger partial charge is 0.319 e. The van der Waals surface area contributed by atoms with Gasteiger partial charge in [-0.15, -0.1) is 0 Å². The number of urea groups is 1. The summed E-state index contributed by atoms with van der Waals surface area (Å²) in [5.74, 6) is -0.981. The molecule has 0 bridgehead atoms. The maximum Gasteiger partial charge on any atom is 0.319 e. The number of hydrogen-bond donors (Lipinski definition) is 3. The Labute approximate surface area is 166 Å². The number of amides is 3. The molecule has 1 aliphatic carbocycles. The standard InChI is InChI=1S/C19H18Cl2FN3O2/c1-10(14-8-17(22)16(21)9-15(14)20)23-18(26)11-3-2-4-13(7-11)25-19(27)24-12-5-6-12/h2-4,7-10,12H,5-6H2,1H3,(H,23,26)(H2,24,25,27). The van der Waals surface area contributed by atoms with Crippen LogP contribution in [0.3, 0.4) is 0 Å². The molecule has 0 radical (unpaired) electrons. The summed E-state index contributed by atoms with van der Waals surface area (Å²) in [6.45, 7) is 1.69. The van der Waals surface area contributed by atoms with Crippen LogP contribution in [0.2, 0.25) is 10.0 Å². The van der Waals surface area contributed by atoms with Gasteiger partial charge in [-0.1, -0.05) is 29.3 Å². The molecular weight excluding hydrogens is 392 g/mol. The Morgan fingerprint density at radius 2 is 1.89 bits per heavy atom. The fourth-order valence-electron chi connectivity index (χ4n) is 2.55. The van der Waals surface area contributed by atoms with Crippen molar-refractivity contribution in [3.05, 3.63) is 63.4 Å². The molecule has 0 aliphatic heterocycles. The first kappa shape index (κ1) is 19.5. The summed E-state index contributed by atoms with van der Waals surface area (Å²) in [7, 11) is 0. The Kier molecular flexibility index (Phi) is 5.87. The van der Waals surface area contributed by atoms with Gasteiger partial charge in [-0.05, 0) is 55.7 Å². The summed E-state index contributed by atoms with van der Waals surface area (Å²) in [6.07, 6.45) is 1.98. The second-order valence-electron chi connectivity index (χ2n) is 6.44. The molecule has 0 saturated heterocycles. The van der Waals surface area contributed by atoms with E-state index in [-0.39, 0.29) is 28.0 Å². The summed E-state index contributed by atoms with van der Waals surface area (Å²) in [4.78, 5) is 24.3. The minimum absolute atomic E-state index is 0.0782. The van der Waals surface area contributed by atoms with Crippen LogP contribution in [0.1, 0.15) is 41.7 Å². The summed E-state index contributed by atoms with van der Waals surface area (Å²) in [5.41, 5.74) is 1.28. The van der Waals surface area contributed by atoms with Crippen molar-refractivity contribution in [3.8, 4) is 0 Å². The lowest BCUT2D eigenvalue weighted by Crippen LogP contribution is -2.30. The number of halogens is 3. The van der Waals surface area contributed by atoms with Crippen LogP contribution in [0.5, 0.6) is 0 Å². The molecule has 3 rings (SSSR count). The SMILES string of the molecule is CC(NC(=O)c1cccc(NC(=O)NC2CC2)c1)c1cc(F)c(Cl)cc1Cl. The predicted octanol–water partition coefficient (Wildman–Crippen LogP) is 4.91. The maximum absolute atomic E-state index is 13.7. The minimum atomic E-state index is -0.606. The van der Waals surface area contributed by atoms with E-state index in [4.69, 9.17) is 23.2 Å². The molecule has 1 aliphatic rings. The molecule has 3 amide bonds. The van der Waals surface area contributed by atoms with Crippen LogP contribution in [0.25, 0.3) is 0 Å². The first-order chi connectivity index (χ1) is 12.8. The molecule has 142 valence electrons. The highest BCUT2D eigenvalue weighted by molar-refractivity contribution is 6.35. The quantitative estimate of drug-likeness (QED) is 0.614. The van der Waals surface area contributed by atoms with Crippen molar-refractivity contribution in [2.45, 2.75) is 31.8 Å². The molecular formula is C19H18Cl2FN3O2. The van der Waals surface area contributed by atoms with Gasteiger partial charge in [-0.25, -0.2) is 9.18 Å². The number of rotatable bonds is 5. The highest BCUT2D eigenvalue weighted by atomic mass is 35.5. The number of carbonyl (C=O) groups excluding carboxylic acids is 2. The van der Waals surface area contributed by atoms with E-state index in [1.54, 1.807) is 31.2 Å². The molecule has 1 atom stereocenters. The molecule has 27 heavy (non-hydrogen) atoms. The monoisotopic (exact) mass is 409 g/mol. The van der Waals surface area contributed by atoms with Crippen LogP contribution in [0, 0.1) is 5.82 Å². The Hall–Kier alpha value is -2.31. The van der Waals surface area contributed by atoms with E-state index < -0.39 is 11.9 Å². The van der Waals surface area contributed by atoms with Crippen molar-refractivity contribution in [2.24, 2.45) is 0 Å². The molecule has 1 fully saturated rings. The zero-order valence-corrected chi connectivity index (χ0v) is 16.0. The van der Waals surface area contributed by atoms with Crippen LogP contribution in [-0.2, 0) is 0 Å². The number of hydrogen-bond acceptors (Lipinski definition) is 2. The largest absolute Gasteiger partial charge is 0.345 e. The average Bonchev–Trinajstić information content (AvgIpc) is 3.42. The molecule has 8 heteroatoms. The van der Waals surface area contributed by atoms with Gasteiger partial charge in [0.2, 0.25) is 0 Å². The first-order valence-electron chi connectivity index (χ1n) is 8.46. The van der Waals surface area contributed by atoms with Gasteiger partial charge in [0.25, 0.3) is 5.91 Å². The molecule has 0 spiro atoms. The summed E-state index contributed by atoms with van der Waals surface area (Å²) in [6, 6.07) is 8.46. The van der Waals surface area contributed by atoms with E-state index >= 15 is 0 Å². The number of benzene rings is 2. The Balaban J connectivity index is 1.67. The van der Waals surface area contributed by atoms with Crippen molar-refractivity contribution in [2.75, 3.05) is 5.32 Å². The van der Waals surface area contributed by atoms with Gasteiger partial charge in [0.15, 0.2) is 0 Å². The van der Waals surface area contributed by atoms with Crippen molar-refractivity contribution in [1.29, 1.82) is 0 Å². The van der Waals surface area contributed by atoms with Gasteiger partial charge in [0.1, 0.15) is 5.82 Å². The van der Waals surface area contributed by atoms with Crippen molar-refractivity contribution in [1.82, 2.24) is 10.6 Å². The Bertz CT molecular complexity index is 887. The van der Waals surface area contributed by atoms with Crippen LogP contribution in [0.4, 0.5) is 14.9 Å². The average molecular weight is 410 g/mol. The number of anilines is 1. The first-order valence-corrected chi connectivity index (χ1v) is 9.22. The third-order valence-corrected chi connectivity index (χ3v) is 4.77. The number of nitrogens with one attached hydrogen (secondary N) is 3. The third-order valence-electron chi connectivity index (χ3n) is 4.15. The molecule has 0 aromatic heterocycles. The zero-order valence-electron chi connectivity index (χ0n) is 14.5. The Morgan fingerprint density at radius 3 is 2.59 bits per heavy atom. The fraction of sp³-hybridized carbons (Fsp3) is 0.263. The van der Waals surface area contributed by atoms with Gasteiger partial charge in [-0.2, -0.15) is 0 Å². The lowest BCUT2D eigenvalue weighted by molar-refractivity contribution is 0.0940. The summed E-state index contributed by atoms with van der Waals surface area (Å²) < 4.78 is 13.7. The second kappa shape index (κ2) is 8.15. The lowest BCUT2D eigenvalue weighted by Gasteiger charge is -2.17. The predicted molar refractivity (Wildman–Crippen MR) is 104 cm³/mol. The normalized spacial score (nSPS) is 14.4. The van der Waals surface area contributed by atoms with Gasteiger partial charge >= 0.3 is 6.03 Å². The molecule has 0 heterocycles. The van der Waals surface area contributed by atoms with Gasteiger partial charge in [-0.3, -0.25) is 4.79 Å². The number of carbonyl (C=O) groups is 2. The molecule has 2 aromatic rings. The zero-order chi connectivity index (χ0) is 19.6. The minimum Gasteiger partial charge on any atom is -0.345 e. The van der Waals surface area contributed by atoms with Gasteiger partial charge < -0.3 is 16.0 Å². The van der Waals surface area contributed by atoms with E-state index in [0.29, 0.717) is 16.8 Å².